The van der Waals surface area contributed by atoms with Crippen LogP contribution in [0.15, 0.2) is 0 Å². The van der Waals surface area contributed by atoms with Crippen molar-refractivity contribution in [1.82, 2.24) is 10.6 Å². The van der Waals surface area contributed by atoms with E-state index in [1.54, 1.807) is 6.92 Å². The molecule has 7 nitrogen and oxygen atoms in total. The number of amides is 2. The number of hydrogen-bond donors (Lipinski definition) is 2. The summed E-state index contributed by atoms with van der Waals surface area (Å²) in [5.74, 6) is -0.992. The molecule has 0 saturated heterocycles. The van der Waals surface area contributed by atoms with Crippen LogP contribution in [0.3, 0.4) is 0 Å². The monoisotopic (exact) mass is 262 g/mol. The molecule has 0 fully saturated rings. The van der Waals surface area contributed by atoms with Gasteiger partial charge in [-0.05, 0) is 6.92 Å². The second kappa shape index (κ2) is 11.7. The van der Waals surface area contributed by atoms with Crippen LogP contribution in [0.2, 0.25) is 0 Å². The third kappa shape index (κ3) is 9.44. The van der Waals surface area contributed by atoms with E-state index in [-0.39, 0.29) is 13.2 Å². The molecule has 2 amide bonds. The van der Waals surface area contributed by atoms with Crippen LogP contribution in [0.4, 0.5) is 4.79 Å². The summed E-state index contributed by atoms with van der Waals surface area (Å²) in [4.78, 5) is 32.9. The zero-order valence-corrected chi connectivity index (χ0v) is 11.5. The van der Waals surface area contributed by atoms with E-state index in [0.29, 0.717) is 0 Å². The van der Waals surface area contributed by atoms with Crippen LogP contribution in [-0.4, -0.2) is 44.3 Å². The summed E-state index contributed by atoms with van der Waals surface area (Å²) in [5.41, 5.74) is 0. The van der Waals surface area contributed by atoms with E-state index in [4.69, 9.17) is 0 Å². The lowest BCUT2D eigenvalue weighted by atomic mass is 10.3. The topological polar surface area (TPSA) is 93.7 Å². The normalized spacial score (nSPS) is 10.3. The first-order valence-corrected chi connectivity index (χ1v) is 5.79. The van der Waals surface area contributed by atoms with Gasteiger partial charge >= 0.3 is 12.1 Å². The van der Waals surface area contributed by atoms with Gasteiger partial charge < -0.3 is 20.1 Å². The van der Waals surface area contributed by atoms with Gasteiger partial charge in [-0.15, -0.1) is 0 Å². The minimum Gasteiger partial charge on any atom is -0.463 e. The molecule has 1 unspecified atom stereocenters. The number of rotatable bonds is 5. The van der Waals surface area contributed by atoms with Crippen LogP contribution in [-0.2, 0) is 19.1 Å². The number of ether oxygens (including phenoxy) is 2. The molecule has 0 aromatic rings. The molecule has 7 heteroatoms. The fourth-order valence-corrected chi connectivity index (χ4v) is 0.873. The van der Waals surface area contributed by atoms with Gasteiger partial charge in [-0.2, -0.15) is 0 Å². The Morgan fingerprint density at radius 2 is 1.72 bits per heavy atom. The van der Waals surface area contributed by atoms with E-state index in [1.807, 2.05) is 13.8 Å². The average molecular weight is 262 g/mol. The third-order valence-electron chi connectivity index (χ3n) is 1.58. The second-order valence-electron chi connectivity index (χ2n) is 2.83. The highest BCUT2D eigenvalue weighted by molar-refractivity contribution is 5.85. The van der Waals surface area contributed by atoms with Crippen molar-refractivity contribution in [1.29, 1.82) is 0 Å². The van der Waals surface area contributed by atoms with Gasteiger partial charge in [0.25, 0.3) is 0 Å². The Bertz CT molecular complexity index is 268. The summed E-state index contributed by atoms with van der Waals surface area (Å²) in [5, 5.41) is 4.61. The van der Waals surface area contributed by atoms with Gasteiger partial charge in [0.2, 0.25) is 5.91 Å². The van der Waals surface area contributed by atoms with Gasteiger partial charge in [-0.25, -0.2) is 4.79 Å². The van der Waals surface area contributed by atoms with Gasteiger partial charge in [0.15, 0.2) is 0 Å². The van der Waals surface area contributed by atoms with Gasteiger partial charge in [0.05, 0.1) is 6.61 Å². The first kappa shape index (κ1) is 18.6. The number of likely N-dealkylation sites (N-methyl/N-ethyl adjacent to an activating group) is 1. The molecule has 0 aliphatic heterocycles. The van der Waals surface area contributed by atoms with Crippen molar-refractivity contribution >= 4 is 18.0 Å². The Kier molecular flexibility index (Phi) is 12.1. The average Bonchev–Trinajstić information content (AvgIpc) is 2.36. The van der Waals surface area contributed by atoms with E-state index >= 15 is 0 Å². The Balaban J connectivity index is 0. The molecule has 1 atom stereocenters. The number of hydrogen-bond acceptors (Lipinski definition) is 5. The molecule has 0 saturated carbocycles. The maximum absolute atomic E-state index is 11.3. The molecule has 0 rings (SSSR count). The Morgan fingerprint density at radius 1 is 1.17 bits per heavy atom. The SMILES string of the molecule is CC.CCOC(=O)NC(COC(C)=O)C(=O)NC. The Hall–Kier alpha value is -1.79. The first-order valence-electron chi connectivity index (χ1n) is 5.79. The van der Waals surface area contributed by atoms with Crippen molar-refractivity contribution in [3.63, 3.8) is 0 Å². The van der Waals surface area contributed by atoms with Gasteiger partial charge in [-0.3, -0.25) is 9.59 Å². The van der Waals surface area contributed by atoms with Crippen molar-refractivity contribution in [2.24, 2.45) is 0 Å². The van der Waals surface area contributed by atoms with E-state index in [9.17, 15) is 14.4 Å². The van der Waals surface area contributed by atoms with Crippen LogP contribution in [0, 0.1) is 0 Å². The minimum absolute atomic E-state index is 0.194. The molecule has 0 aromatic heterocycles. The first-order chi connectivity index (χ1) is 8.51. The quantitative estimate of drug-likeness (QED) is 0.701. The lowest BCUT2D eigenvalue weighted by Gasteiger charge is -2.16. The Labute approximate surface area is 107 Å². The lowest BCUT2D eigenvalue weighted by molar-refractivity contribution is -0.142. The number of esters is 1. The maximum Gasteiger partial charge on any atom is 0.407 e. The van der Waals surface area contributed by atoms with Crippen LogP contribution in [0.25, 0.3) is 0 Å². The zero-order chi connectivity index (χ0) is 14.6. The molecule has 0 heterocycles. The minimum atomic E-state index is -0.951. The summed E-state index contributed by atoms with van der Waals surface area (Å²) < 4.78 is 9.24. The van der Waals surface area contributed by atoms with Crippen molar-refractivity contribution in [3.05, 3.63) is 0 Å². The molecular weight excluding hydrogens is 240 g/mol. The summed E-state index contributed by atoms with van der Waals surface area (Å²) in [7, 11) is 1.41. The molecule has 0 aliphatic rings. The van der Waals surface area contributed by atoms with Gasteiger partial charge in [-0.1, -0.05) is 13.8 Å². The van der Waals surface area contributed by atoms with Gasteiger partial charge in [0.1, 0.15) is 12.6 Å². The number of carbonyl (C=O) groups is 3. The molecule has 106 valence electrons. The van der Waals surface area contributed by atoms with E-state index in [2.05, 4.69) is 20.1 Å². The largest absolute Gasteiger partial charge is 0.463 e. The summed E-state index contributed by atoms with van der Waals surface area (Å²) in [6, 6.07) is -0.951. The summed E-state index contributed by atoms with van der Waals surface area (Å²) in [6.07, 6.45) is -0.733. The summed E-state index contributed by atoms with van der Waals surface area (Å²) >= 11 is 0. The molecule has 0 radical (unpaired) electrons. The predicted molar refractivity (Wildman–Crippen MR) is 66.0 cm³/mol. The van der Waals surface area contributed by atoms with Crippen molar-refractivity contribution in [3.8, 4) is 0 Å². The van der Waals surface area contributed by atoms with Crippen molar-refractivity contribution < 1.29 is 23.9 Å². The van der Waals surface area contributed by atoms with Crippen LogP contribution in [0.1, 0.15) is 27.7 Å². The van der Waals surface area contributed by atoms with E-state index in [0.717, 1.165) is 0 Å². The standard InChI is InChI=1S/C9H16N2O5.C2H6/c1-4-15-9(14)11-7(8(13)10-3)5-16-6(2)12;1-2/h7H,4-5H2,1-3H3,(H,10,13)(H,11,14);1-2H3. The predicted octanol–water partition coefficient (Wildman–Crippen LogP) is 0.436. The highest BCUT2D eigenvalue weighted by Gasteiger charge is 2.21. The second-order valence-corrected chi connectivity index (χ2v) is 2.83. The maximum atomic E-state index is 11.3. The van der Waals surface area contributed by atoms with E-state index < -0.39 is 24.0 Å². The van der Waals surface area contributed by atoms with Crippen LogP contribution >= 0.6 is 0 Å². The van der Waals surface area contributed by atoms with E-state index in [1.165, 1.54) is 14.0 Å². The fraction of sp³-hybridized carbons (Fsp3) is 0.727. The third-order valence-corrected chi connectivity index (χ3v) is 1.58. The fourth-order valence-electron chi connectivity index (χ4n) is 0.873. The van der Waals surface area contributed by atoms with Gasteiger partial charge in [0, 0.05) is 14.0 Å². The Morgan fingerprint density at radius 3 is 2.11 bits per heavy atom. The van der Waals surface area contributed by atoms with Crippen LogP contribution in [0.5, 0.6) is 0 Å². The molecule has 0 bridgehead atoms. The lowest BCUT2D eigenvalue weighted by Crippen LogP contribution is -2.48. The van der Waals surface area contributed by atoms with Crippen LogP contribution < -0.4 is 10.6 Å². The molecule has 0 aliphatic carbocycles. The summed E-state index contributed by atoms with van der Waals surface area (Å²) in [6.45, 7) is 6.82. The molecule has 0 aromatic carbocycles. The van der Waals surface area contributed by atoms with Crippen molar-refractivity contribution in [2.75, 3.05) is 20.3 Å². The zero-order valence-electron chi connectivity index (χ0n) is 11.5. The molecule has 18 heavy (non-hydrogen) atoms. The number of carbonyl (C=O) groups excluding carboxylic acids is 3. The molecule has 2 N–H and O–H groups in total. The van der Waals surface area contributed by atoms with Crippen molar-refractivity contribution in [2.45, 2.75) is 33.7 Å². The molecule has 0 spiro atoms. The highest BCUT2D eigenvalue weighted by Crippen LogP contribution is 1.90. The number of nitrogens with one attached hydrogen (secondary N) is 2. The molecular formula is C11H22N2O5. The highest BCUT2D eigenvalue weighted by atomic mass is 16.6. The number of alkyl carbamates (subject to hydrolysis) is 1. The smallest absolute Gasteiger partial charge is 0.407 e.